The van der Waals surface area contributed by atoms with Crippen LogP contribution in [-0.2, 0) is 0 Å². The number of nitrogens with zero attached hydrogens (tertiary/aromatic N) is 3. The molecule has 0 fully saturated rings. The third kappa shape index (κ3) is 7.46. The van der Waals surface area contributed by atoms with Gasteiger partial charge in [0.15, 0.2) is 5.82 Å². The van der Waals surface area contributed by atoms with Gasteiger partial charge in [-0.3, -0.25) is 4.98 Å². The van der Waals surface area contributed by atoms with Crippen LogP contribution in [0.5, 0.6) is 0 Å². The summed E-state index contributed by atoms with van der Waals surface area (Å²) in [6.07, 6.45) is 1.87. The lowest BCUT2D eigenvalue weighted by Gasteiger charge is -2.10. The van der Waals surface area contributed by atoms with E-state index in [0.29, 0.717) is 11.3 Å². The highest BCUT2D eigenvalue weighted by Gasteiger charge is 2.13. The maximum absolute atomic E-state index is 9.30. The smallest absolute Gasteiger partial charge is 0.423 e. The van der Waals surface area contributed by atoms with Crippen molar-refractivity contribution in [3.63, 3.8) is 0 Å². The summed E-state index contributed by atoms with van der Waals surface area (Å²) < 4.78 is 0. The van der Waals surface area contributed by atoms with Gasteiger partial charge in [-0.15, -0.1) is 0 Å². The average Bonchev–Trinajstić information content (AvgIpc) is 3.13. The molecule has 0 bridgehead atoms. The van der Waals surface area contributed by atoms with E-state index in [2.05, 4.69) is 47.4 Å². The van der Waals surface area contributed by atoms with Gasteiger partial charge >= 0.3 is 7.12 Å². The minimum Gasteiger partial charge on any atom is -0.423 e. The molecular weight excluding hydrogens is 553 g/mol. The van der Waals surface area contributed by atoms with Crippen LogP contribution in [0.3, 0.4) is 0 Å². The lowest BCUT2D eigenvalue weighted by molar-refractivity contribution is 0.426. The second kappa shape index (κ2) is 14.2. The van der Waals surface area contributed by atoms with Gasteiger partial charge in [-0.2, -0.15) is 0 Å². The summed E-state index contributed by atoms with van der Waals surface area (Å²) in [5.74, 6) is 0.651. The van der Waals surface area contributed by atoms with Crippen molar-refractivity contribution in [2.45, 2.75) is 0 Å². The summed E-state index contributed by atoms with van der Waals surface area (Å²) in [6, 6.07) is 53.6. The SMILES string of the molecule is OB(O)c1ccc(-c2cc(-c3ccccc3)nc(-c3ccccc3)n2)cc1.c1ccc(-c2ccnc(-c3ccccc3)c2)cc1. The molecule has 0 aliphatic heterocycles. The Labute approximate surface area is 263 Å². The van der Waals surface area contributed by atoms with Crippen LogP contribution in [0.4, 0.5) is 0 Å². The molecule has 0 aliphatic carbocycles. The van der Waals surface area contributed by atoms with Gasteiger partial charge in [-0.25, -0.2) is 9.97 Å². The molecule has 0 saturated carbocycles. The molecule has 0 amide bonds. The third-order valence-electron chi connectivity index (χ3n) is 7.27. The fourth-order valence-corrected chi connectivity index (χ4v) is 4.90. The van der Waals surface area contributed by atoms with Crippen LogP contribution in [0.25, 0.3) is 56.3 Å². The summed E-state index contributed by atoms with van der Waals surface area (Å²) in [5.41, 5.74) is 9.48. The van der Waals surface area contributed by atoms with Gasteiger partial charge in [0.05, 0.1) is 17.1 Å². The standard InChI is InChI=1S/C22H17BN2O2.C17H13N/c26-23(27)19-13-11-17(12-14-19)21-15-20(16-7-3-1-4-8-16)24-22(25-21)18-9-5-2-6-10-18;1-3-7-14(8-4-1)16-11-12-18-17(13-16)15-9-5-2-6-10-15/h1-15,26-27H;1-13H. The van der Waals surface area contributed by atoms with Gasteiger partial charge in [-0.05, 0) is 34.8 Å². The van der Waals surface area contributed by atoms with Crippen LogP contribution < -0.4 is 5.46 Å². The molecule has 45 heavy (non-hydrogen) atoms. The Balaban J connectivity index is 0.000000172. The Morgan fingerprint density at radius 1 is 0.378 bits per heavy atom. The summed E-state index contributed by atoms with van der Waals surface area (Å²) in [5, 5.41) is 18.6. The summed E-state index contributed by atoms with van der Waals surface area (Å²) in [4.78, 5) is 13.9. The van der Waals surface area contributed by atoms with Crippen molar-refractivity contribution in [1.29, 1.82) is 0 Å². The number of aromatic nitrogens is 3. The maximum atomic E-state index is 9.30. The number of hydrogen-bond donors (Lipinski definition) is 2. The highest BCUT2D eigenvalue weighted by Crippen LogP contribution is 2.27. The predicted octanol–water partition coefficient (Wildman–Crippen LogP) is 7.57. The van der Waals surface area contributed by atoms with E-state index in [1.807, 2.05) is 115 Å². The van der Waals surface area contributed by atoms with E-state index >= 15 is 0 Å². The molecular formula is C39H30BN3O2. The van der Waals surface area contributed by atoms with Crippen molar-refractivity contribution in [1.82, 2.24) is 15.0 Å². The van der Waals surface area contributed by atoms with Gasteiger partial charge < -0.3 is 10.0 Å². The zero-order chi connectivity index (χ0) is 30.8. The molecule has 6 heteroatoms. The van der Waals surface area contributed by atoms with Crippen molar-refractivity contribution in [2.75, 3.05) is 0 Å². The molecule has 2 aromatic heterocycles. The summed E-state index contributed by atoms with van der Waals surface area (Å²) in [7, 11) is -1.48. The highest BCUT2D eigenvalue weighted by molar-refractivity contribution is 6.58. The van der Waals surface area contributed by atoms with E-state index in [0.717, 1.165) is 39.3 Å². The average molecular weight is 584 g/mol. The minimum absolute atomic E-state index is 0.444. The Hall–Kier alpha value is -5.69. The molecule has 7 aromatic rings. The monoisotopic (exact) mass is 583 g/mol. The molecule has 7 rings (SSSR count). The zero-order valence-electron chi connectivity index (χ0n) is 24.5. The maximum Gasteiger partial charge on any atom is 0.488 e. The van der Waals surface area contributed by atoms with Crippen molar-refractivity contribution in [3.05, 3.63) is 170 Å². The second-order valence-corrected chi connectivity index (χ2v) is 10.4. The van der Waals surface area contributed by atoms with Crippen molar-refractivity contribution >= 4 is 12.6 Å². The van der Waals surface area contributed by atoms with E-state index in [9.17, 15) is 10.0 Å². The molecule has 5 nitrogen and oxygen atoms in total. The largest absolute Gasteiger partial charge is 0.488 e. The normalized spacial score (nSPS) is 10.4. The van der Waals surface area contributed by atoms with Crippen LogP contribution in [0, 0.1) is 0 Å². The number of pyridine rings is 1. The lowest BCUT2D eigenvalue weighted by atomic mass is 9.80. The molecule has 0 unspecified atom stereocenters. The van der Waals surface area contributed by atoms with E-state index in [1.165, 1.54) is 11.1 Å². The molecule has 0 saturated heterocycles. The fraction of sp³-hybridized carbons (Fsp3) is 0. The Morgan fingerprint density at radius 3 is 1.33 bits per heavy atom. The van der Waals surface area contributed by atoms with E-state index in [1.54, 1.807) is 12.1 Å². The number of benzene rings is 5. The lowest BCUT2D eigenvalue weighted by Crippen LogP contribution is -2.29. The zero-order valence-corrected chi connectivity index (χ0v) is 24.5. The molecule has 0 aliphatic rings. The molecule has 216 valence electrons. The predicted molar refractivity (Wildman–Crippen MR) is 183 cm³/mol. The molecule has 0 radical (unpaired) electrons. The first-order valence-corrected chi connectivity index (χ1v) is 14.7. The fourth-order valence-electron chi connectivity index (χ4n) is 4.90. The van der Waals surface area contributed by atoms with E-state index in [4.69, 9.17) is 9.97 Å². The van der Waals surface area contributed by atoms with Crippen molar-refractivity contribution in [2.24, 2.45) is 0 Å². The van der Waals surface area contributed by atoms with Crippen molar-refractivity contribution < 1.29 is 10.0 Å². The summed E-state index contributed by atoms with van der Waals surface area (Å²) >= 11 is 0. The van der Waals surface area contributed by atoms with Gasteiger partial charge in [0.2, 0.25) is 0 Å². The van der Waals surface area contributed by atoms with Crippen LogP contribution in [-0.4, -0.2) is 32.1 Å². The quantitative estimate of drug-likeness (QED) is 0.198. The van der Waals surface area contributed by atoms with Gasteiger partial charge in [0, 0.05) is 28.5 Å². The Morgan fingerprint density at radius 2 is 0.822 bits per heavy atom. The molecule has 0 spiro atoms. The van der Waals surface area contributed by atoms with Crippen LogP contribution in [0.2, 0.25) is 0 Å². The first-order chi connectivity index (χ1) is 22.1. The molecule has 5 aromatic carbocycles. The third-order valence-corrected chi connectivity index (χ3v) is 7.27. The number of hydrogen-bond acceptors (Lipinski definition) is 5. The highest BCUT2D eigenvalue weighted by atomic mass is 16.4. The summed E-state index contributed by atoms with van der Waals surface area (Å²) in [6.45, 7) is 0. The topological polar surface area (TPSA) is 79.1 Å². The van der Waals surface area contributed by atoms with Crippen LogP contribution >= 0.6 is 0 Å². The van der Waals surface area contributed by atoms with Crippen LogP contribution in [0.1, 0.15) is 0 Å². The second-order valence-electron chi connectivity index (χ2n) is 10.4. The van der Waals surface area contributed by atoms with Gasteiger partial charge in [0.1, 0.15) is 0 Å². The van der Waals surface area contributed by atoms with E-state index in [-0.39, 0.29) is 0 Å². The number of rotatable bonds is 6. The Kier molecular flexibility index (Phi) is 9.27. The molecule has 0 atom stereocenters. The van der Waals surface area contributed by atoms with Gasteiger partial charge in [0.25, 0.3) is 0 Å². The molecule has 2 heterocycles. The first kappa shape index (κ1) is 29.4. The van der Waals surface area contributed by atoms with Crippen molar-refractivity contribution in [3.8, 4) is 56.3 Å². The van der Waals surface area contributed by atoms with Gasteiger partial charge in [-0.1, -0.05) is 146 Å². The van der Waals surface area contributed by atoms with Crippen LogP contribution in [0.15, 0.2) is 170 Å². The first-order valence-electron chi connectivity index (χ1n) is 14.7. The van der Waals surface area contributed by atoms with E-state index < -0.39 is 7.12 Å². The minimum atomic E-state index is -1.48. The molecule has 2 N–H and O–H groups in total. The Bertz CT molecular complexity index is 1840.